The first-order valence-electron chi connectivity index (χ1n) is 8.56. The highest BCUT2D eigenvalue weighted by Gasteiger charge is 2.42. The molecule has 1 atom stereocenters. The average Bonchev–Trinajstić information content (AvgIpc) is 2.90. The summed E-state index contributed by atoms with van der Waals surface area (Å²) >= 11 is 0. The molecule has 0 heterocycles. The molecule has 0 aliphatic heterocycles. The summed E-state index contributed by atoms with van der Waals surface area (Å²) < 4.78 is 0. The Hall–Kier alpha value is -0.0400. The van der Waals surface area contributed by atoms with Gasteiger partial charge in [0.15, 0.2) is 0 Å². The van der Waals surface area contributed by atoms with Gasteiger partial charge in [0, 0.05) is 6.04 Å². The third-order valence-electron chi connectivity index (χ3n) is 5.70. The van der Waals surface area contributed by atoms with E-state index in [9.17, 15) is 0 Å². The van der Waals surface area contributed by atoms with Crippen LogP contribution in [-0.4, -0.2) is 12.6 Å². The molecule has 0 radical (unpaired) electrons. The lowest BCUT2D eigenvalue weighted by Crippen LogP contribution is -2.49. The average molecular weight is 251 g/mol. The lowest BCUT2D eigenvalue weighted by molar-refractivity contribution is 0.109. The fourth-order valence-electron chi connectivity index (χ4n) is 4.61. The van der Waals surface area contributed by atoms with E-state index in [1.807, 2.05) is 0 Å². The molecule has 2 rings (SSSR count). The fourth-order valence-corrected chi connectivity index (χ4v) is 4.61. The number of rotatable bonds is 6. The molecule has 1 unspecified atom stereocenters. The molecule has 0 amide bonds. The first kappa shape index (κ1) is 14.4. The quantitative estimate of drug-likeness (QED) is 0.707. The maximum absolute atomic E-state index is 3.97. The minimum absolute atomic E-state index is 0.650. The molecule has 2 fully saturated rings. The van der Waals surface area contributed by atoms with Crippen LogP contribution in [0.5, 0.6) is 0 Å². The summed E-state index contributed by atoms with van der Waals surface area (Å²) in [5.41, 5.74) is 0.650. The standard InChI is InChI=1S/C17H33N/c1-3-14-18-16(15-10-6-5-7-11-15)17(4-2)12-8-9-13-17/h15-16,18H,3-14H2,1-2H3. The lowest BCUT2D eigenvalue weighted by Gasteiger charge is -2.44. The lowest BCUT2D eigenvalue weighted by atomic mass is 9.67. The number of nitrogens with one attached hydrogen (secondary N) is 1. The van der Waals surface area contributed by atoms with Gasteiger partial charge in [0.1, 0.15) is 0 Å². The van der Waals surface area contributed by atoms with Crippen LogP contribution >= 0.6 is 0 Å². The molecule has 2 aliphatic carbocycles. The molecule has 2 saturated carbocycles. The van der Waals surface area contributed by atoms with E-state index < -0.39 is 0 Å². The summed E-state index contributed by atoms with van der Waals surface area (Å²) in [7, 11) is 0. The Bertz CT molecular complexity index is 224. The van der Waals surface area contributed by atoms with Crippen LogP contribution in [0, 0.1) is 11.3 Å². The van der Waals surface area contributed by atoms with Gasteiger partial charge in [0.25, 0.3) is 0 Å². The predicted octanol–water partition coefficient (Wildman–Crippen LogP) is 4.91. The van der Waals surface area contributed by atoms with Crippen LogP contribution in [0.4, 0.5) is 0 Å². The summed E-state index contributed by atoms with van der Waals surface area (Å²) in [4.78, 5) is 0. The SMILES string of the molecule is CCCNC(C1CCCCC1)C1(CC)CCCC1. The molecule has 0 spiro atoms. The summed E-state index contributed by atoms with van der Waals surface area (Å²) in [6.45, 7) is 5.97. The van der Waals surface area contributed by atoms with Crippen LogP contribution in [-0.2, 0) is 0 Å². The first-order valence-corrected chi connectivity index (χ1v) is 8.56. The molecule has 1 N–H and O–H groups in total. The van der Waals surface area contributed by atoms with Crippen LogP contribution in [0.15, 0.2) is 0 Å². The zero-order chi connectivity index (χ0) is 12.8. The van der Waals surface area contributed by atoms with E-state index in [4.69, 9.17) is 0 Å². The Morgan fingerprint density at radius 3 is 2.22 bits per heavy atom. The molecule has 0 aromatic rings. The summed E-state index contributed by atoms with van der Waals surface area (Å²) in [5.74, 6) is 0.975. The van der Waals surface area contributed by atoms with Crippen molar-refractivity contribution in [2.75, 3.05) is 6.54 Å². The van der Waals surface area contributed by atoms with Gasteiger partial charge in [-0.05, 0) is 56.4 Å². The van der Waals surface area contributed by atoms with Crippen LogP contribution in [0.2, 0.25) is 0 Å². The minimum Gasteiger partial charge on any atom is -0.313 e. The minimum atomic E-state index is 0.650. The Labute approximate surface area is 114 Å². The van der Waals surface area contributed by atoms with E-state index in [0.29, 0.717) is 5.41 Å². The van der Waals surface area contributed by atoms with Crippen molar-refractivity contribution >= 4 is 0 Å². The zero-order valence-electron chi connectivity index (χ0n) is 12.6. The molecular weight excluding hydrogens is 218 g/mol. The summed E-state index contributed by atoms with van der Waals surface area (Å²) in [6.07, 6.45) is 16.0. The Morgan fingerprint density at radius 2 is 1.67 bits per heavy atom. The highest BCUT2D eigenvalue weighted by Crippen LogP contribution is 2.48. The largest absolute Gasteiger partial charge is 0.313 e. The van der Waals surface area contributed by atoms with E-state index in [0.717, 1.165) is 12.0 Å². The molecule has 18 heavy (non-hydrogen) atoms. The van der Waals surface area contributed by atoms with Gasteiger partial charge in [-0.3, -0.25) is 0 Å². The van der Waals surface area contributed by atoms with Gasteiger partial charge in [-0.15, -0.1) is 0 Å². The number of hydrogen-bond donors (Lipinski definition) is 1. The molecular formula is C17H33N. The van der Waals surface area contributed by atoms with Crippen LogP contribution < -0.4 is 5.32 Å². The smallest absolute Gasteiger partial charge is 0.0152 e. The first-order chi connectivity index (χ1) is 8.82. The van der Waals surface area contributed by atoms with Gasteiger partial charge in [-0.2, -0.15) is 0 Å². The predicted molar refractivity (Wildman–Crippen MR) is 79.8 cm³/mol. The van der Waals surface area contributed by atoms with E-state index in [1.165, 1.54) is 77.2 Å². The maximum Gasteiger partial charge on any atom is 0.0152 e. The van der Waals surface area contributed by atoms with Crippen molar-refractivity contribution < 1.29 is 0 Å². The van der Waals surface area contributed by atoms with E-state index in [-0.39, 0.29) is 0 Å². The topological polar surface area (TPSA) is 12.0 Å². The van der Waals surface area contributed by atoms with Gasteiger partial charge in [-0.25, -0.2) is 0 Å². The Morgan fingerprint density at radius 1 is 1.00 bits per heavy atom. The van der Waals surface area contributed by atoms with Gasteiger partial charge in [0.2, 0.25) is 0 Å². The molecule has 1 nitrogen and oxygen atoms in total. The highest BCUT2D eigenvalue weighted by molar-refractivity contribution is 4.97. The third kappa shape index (κ3) is 3.10. The molecule has 0 aromatic heterocycles. The fraction of sp³-hybridized carbons (Fsp3) is 1.00. The summed E-state index contributed by atoms with van der Waals surface area (Å²) in [6, 6.07) is 0.824. The Balaban J connectivity index is 2.06. The van der Waals surface area contributed by atoms with Crippen molar-refractivity contribution in [1.82, 2.24) is 5.32 Å². The highest BCUT2D eigenvalue weighted by atomic mass is 14.9. The third-order valence-corrected chi connectivity index (χ3v) is 5.70. The van der Waals surface area contributed by atoms with Crippen molar-refractivity contribution in [1.29, 1.82) is 0 Å². The van der Waals surface area contributed by atoms with Crippen molar-refractivity contribution in [2.24, 2.45) is 11.3 Å². The molecule has 2 aliphatic rings. The van der Waals surface area contributed by atoms with Crippen molar-refractivity contribution in [3.8, 4) is 0 Å². The molecule has 106 valence electrons. The maximum atomic E-state index is 3.97. The van der Waals surface area contributed by atoms with E-state index in [1.54, 1.807) is 0 Å². The zero-order valence-corrected chi connectivity index (χ0v) is 12.6. The molecule has 1 heteroatoms. The summed E-state index contributed by atoms with van der Waals surface area (Å²) in [5, 5.41) is 3.97. The van der Waals surface area contributed by atoms with Crippen LogP contribution in [0.25, 0.3) is 0 Å². The van der Waals surface area contributed by atoms with Crippen LogP contribution in [0.1, 0.15) is 84.5 Å². The second-order valence-electron chi connectivity index (χ2n) is 6.75. The Kier molecular flexibility index (Phi) is 5.54. The number of hydrogen-bond acceptors (Lipinski definition) is 1. The van der Waals surface area contributed by atoms with Crippen molar-refractivity contribution in [3.05, 3.63) is 0 Å². The van der Waals surface area contributed by atoms with Crippen molar-refractivity contribution in [2.45, 2.75) is 90.5 Å². The second-order valence-corrected chi connectivity index (χ2v) is 6.75. The van der Waals surface area contributed by atoms with Crippen LogP contribution in [0.3, 0.4) is 0 Å². The molecule has 0 saturated heterocycles. The monoisotopic (exact) mass is 251 g/mol. The second kappa shape index (κ2) is 6.93. The van der Waals surface area contributed by atoms with Gasteiger partial charge < -0.3 is 5.32 Å². The normalized spacial score (nSPS) is 26.3. The van der Waals surface area contributed by atoms with Gasteiger partial charge >= 0.3 is 0 Å². The van der Waals surface area contributed by atoms with Crippen molar-refractivity contribution in [3.63, 3.8) is 0 Å². The van der Waals surface area contributed by atoms with Gasteiger partial charge in [0.05, 0.1) is 0 Å². The van der Waals surface area contributed by atoms with E-state index in [2.05, 4.69) is 19.2 Å². The van der Waals surface area contributed by atoms with Gasteiger partial charge in [-0.1, -0.05) is 46.0 Å². The van der Waals surface area contributed by atoms with E-state index >= 15 is 0 Å². The molecule has 0 bridgehead atoms. The molecule has 0 aromatic carbocycles.